The van der Waals surface area contributed by atoms with E-state index in [0.29, 0.717) is 12.6 Å². The van der Waals surface area contributed by atoms with Gasteiger partial charge in [-0.3, -0.25) is 0 Å². The highest BCUT2D eigenvalue weighted by atomic mass is 32.2. The Labute approximate surface area is 106 Å². The number of sulfonamides is 1. The Kier molecular flexibility index (Phi) is 6.44. The molecule has 17 heavy (non-hydrogen) atoms. The van der Waals surface area contributed by atoms with E-state index in [9.17, 15) is 8.42 Å². The zero-order valence-corrected chi connectivity index (χ0v) is 11.9. The Bertz CT molecular complexity index is 296. The van der Waals surface area contributed by atoms with Gasteiger partial charge >= 0.3 is 0 Å². The average Bonchev–Trinajstić information content (AvgIpc) is 2.29. The molecule has 0 unspecified atom stereocenters. The highest BCUT2D eigenvalue weighted by molar-refractivity contribution is 7.90. The van der Waals surface area contributed by atoms with Gasteiger partial charge in [0.15, 0.2) is 0 Å². The Morgan fingerprint density at radius 1 is 1.12 bits per heavy atom. The Morgan fingerprint density at radius 3 is 2.35 bits per heavy atom. The second-order valence-corrected chi connectivity index (χ2v) is 7.21. The van der Waals surface area contributed by atoms with E-state index in [1.54, 1.807) is 0 Å². The summed E-state index contributed by atoms with van der Waals surface area (Å²) in [5, 5.41) is 3.13. The molecule has 0 bridgehead atoms. The first-order chi connectivity index (χ1) is 8.02. The van der Waals surface area contributed by atoms with Crippen molar-refractivity contribution in [3.05, 3.63) is 0 Å². The molecule has 0 aromatic heterocycles. The maximum Gasteiger partial charge on any atom is 0.214 e. The standard InChI is InChI=1S/C12H26N2O2S/c1-11(2)13-9-6-10-14-17(15,16)12-7-4-3-5-8-12/h11-14H,3-10H2,1-2H3. The molecular weight excluding hydrogens is 236 g/mol. The third-order valence-corrected chi connectivity index (χ3v) is 5.16. The molecule has 0 aromatic carbocycles. The van der Waals surface area contributed by atoms with E-state index in [2.05, 4.69) is 23.9 Å². The Morgan fingerprint density at radius 2 is 1.76 bits per heavy atom. The van der Waals surface area contributed by atoms with Crippen LogP contribution in [0.15, 0.2) is 0 Å². The molecule has 0 amide bonds. The second-order valence-electron chi connectivity index (χ2n) is 5.16. The molecule has 0 aromatic rings. The van der Waals surface area contributed by atoms with E-state index in [1.165, 1.54) is 6.42 Å². The molecule has 4 nitrogen and oxygen atoms in total. The van der Waals surface area contributed by atoms with Gasteiger partial charge < -0.3 is 5.32 Å². The van der Waals surface area contributed by atoms with E-state index < -0.39 is 10.0 Å². The first-order valence-corrected chi connectivity index (χ1v) is 8.29. The predicted molar refractivity (Wildman–Crippen MR) is 71.6 cm³/mol. The highest BCUT2D eigenvalue weighted by Crippen LogP contribution is 2.22. The number of rotatable bonds is 7. The molecule has 1 aliphatic rings. The van der Waals surface area contributed by atoms with Crippen molar-refractivity contribution >= 4 is 10.0 Å². The van der Waals surface area contributed by atoms with Crippen molar-refractivity contribution in [2.24, 2.45) is 0 Å². The van der Waals surface area contributed by atoms with Crippen molar-refractivity contribution in [2.45, 2.75) is 63.7 Å². The van der Waals surface area contributed by atoms with Crippen LogP contribution >= 0.6 is 0 Å². The van der Waals surface area contributed by atoms with Crippen LogP contribution in [-0.2, 0) is 10.0 Å². The maximum absolute atomic E-state index is 12.0. The molecular formula is C12H26N2O2S. The van der Waals surface area contributed by atoms with Gasteiger partial charge in [0.1, 0.15) is 0 Å². The summed E-state index contributed by atoms with van der Waals surface area (Å²) in [4.78, 5) is 0. The zero-order chi connectivity index (χ0) is 12.7. The van der Waals surface area contributed by atoms with Crippen LogP contribution in [0.1, 0.15) is 52.4 Å². The smallest absolute Gasteiger partial charge is 0.214 e. The summed E-state index contributed by atoms with van der Waals surface area (Å²) < 4.78 is 26.6. The van der Waals surface area contributed by atoms with Crippen molar-refractivity contribution in [3.63, 3.8) is 0 Å². The lowest BCUT2D eigenvalue weighted by Crippen LogP contribution is -2.37. The molecule has 0 spiro atoms. The van der Waals surface area contributed by atoms with E-state index in [1.807, 2.05) is 0 Å². The third kappa shape index (κ3) is 5.84. The van der Waals surface area contributed by atoms with Crippen LogP contribution in [0, 0.1) is 0 Å². The van der Waals surface area contributed by atoms with E-state index in [4.69, 9.17) is 0 Å². The van der Waals surface area contributed by atoms with Crippen molar-refractivity contribution in [1.29, 1.82) is 0 Å². The second kappa shape index (κ2) is 7.34. The van der Waals surface area contributed by atoms with Gasteiger partial charge in [0.25, 0.3) is 0 Å². The topological polar surface area (TPSA) is 58.2 Å². The minimum absolute atomic E-state index is 0.144. The van der Waals surface area contributed by atoms with E-state index in [0.717, 1.165) is 38.6 Å². The fourth-order valence-electron chi connectivity index (χ4n) is 2.19. The van der Waals surface area contributed by atoms with Crippen molar-refractivity contribution in [1.82, 2.24) is 10.0 Å². The van der Waals surface area contributed by atoms with Crippen LogP contribution in [0.25, 0.3) is 0 Å². The molecule has 1 saturated carbocycles. The van der Waals surface area contributed by atoms with Gasteiger partial charge in [-0.1, -0.05) is 33.1 Å². The number of hydrogen-bond acceptors (Lipinski definition) is 3. The lowest BCUT2D eigenvalue weighted by atomic mass is 10.0. The van der Waals surface area contributed by atoms with Crippen LogP contribution in [0.4, 0.5) is 0 Å². The van der Waals surface area contributed by atoms with Crippen LogP contribution < -0.4 is 10.0 Å². The summed E-state index contributed by atoms with van der Waals surface area (Å²) >= 11 is 0. The van der Waals surface area contributed by atoms with Crippen LogP contribution in [-0.4, -0.2) is 32.8 Å². The molecule has 0 saturated heterocycles. The van der Waals surface area contributed by atoms with Crippen molar-refractivity contribution in [2.75, 3.05) is 13.1 Å². The molecule has 1 rings (SSSR count). The molecule has 0 heterocycles. The molecule has 1 fully saturated rings. The van der Waals surface area contributed by atoms with Crippen LogP contribution in [0.2, 0.25) is 0 Å². The first kappa shape index (κ1) is 14.9. The summed E-state index contributed by atoms with van der Waals surface area (Å²) in [5.74, 6) is 0. The molecule has 1 aliphatic carbocycles. The monoisotopic (exact) mass is 262 g/mol. The van der Waals surface area contributed by atoms with Gasteiger partial charge in [0.05, 0.1) is 5.25 Å². The van der Waals surface area contributed by atoms with Crippen molar-refractivity contribution in [3.8, 4) is 0 Å². The lowest BCUT2D eigenvalue weighted by molar-refractivity contribution is 0.476. The third-order valence-electron chi connectivity index (χ3n) is 3.20. The summed E-state index contributed by atoms with van der Waals surface area (Å²) in [7, 11) is -3.06. The van der Waals surface area contributed by atoms with Crippen LogP contribution in [0.5, 0.6) is 0 Å². The number of hydrogen-bond donors (Lipinski definition) is 2. The summed E-state index contributed by atoms with van der Waals surface area (Å²) in [5.41, 5.74) is 0. The molecule has 0 aliphatic heterocycles. The van der Waals surface area contributed by atoms with Gasteiger partial charge in [-0.25, -0.2) is 13.1 Å². The summed E-state index contributed by atoms with van der Waals surface area (Å²) in [6, 6.07) is 0.463. The Balaban J connectivity index is 2.20. The lowest BCUT2D eigenvalue weighted by Gasteiger charge is -2.22. The van der Waals surface area contributed by atoms with Gasteiger partial charge in [0, 0.05) is 12.6 Å². The predicted octanol–water partition coefficient (Wildman–Crippen LogP) is 1.63. The molecule has 102 valence electrons. The average molecular weight is 262 g/mol. The SMILES string of the molecule is CC(C)NCCCNS(=O)(=O)C1CCCCC1. The van der Waals surface area contributed by atoms with E-state index in [-0.39, 0.29) is 5.25 Å². The van der Waals surface area contributed by atoms with Gasteiger partial charge in [0.2, 0.25) is 10.0 Å². The largest absolute Gasteiger partial charge is 0.314 e. The molecule has 2 N–H and O–H groups in total. The van der Waals surface area contributed by atoms with Crippen LogP contribution in [0.3, 0.4) is 0 Å². The number of nitrogens with one attached hydrogen (secondary N) is 2. The van der Waals surface area contributed by atoms with Crippen molar-refractivity contribution < 1.29 is 8.42 Å². The minimum atomic E-state index is -3.06. The zero-order valence-electron chi connectivity index (χ0n) is 11.0. The highest BCUT2D eigenvalue weighted by Gasteiger charge is 2.26. The van der Waals surface area contributed by atoms with Gasteiger partial charge in [-0.05, 0) is 25.8 Å². The van der Waals surface area contributed by atoms with Gasteiger partial charge in [-0.15, -0.1) is 0 Å². The normalized spacial score (nSPS) is 18.8. The first-order valence-electron chi connectivity index (χ1n) is 6.74. The molecule has 5 heteroatoms. The van der Waals surface area contributed by atoms with Gasteiger partial charge in [-0.2, -0.15) is 0 Å². The Hall–Kier alpha value is -0.130. The summed E-state index contributed by atoms with van der Waals surface area (Å²) in [6.45, 7) is 5.60. The molecule has 0 atom stereocenters. The summed E-state index contributed by atoms with van der Waals surface area (Å²) in [6.07, 6.45) is 5.81. The van der Waals surface area contributed by atoms with E-state index >= 15 is 0 Å². The minimum Gasteiger partial charge on any atom is -0.314 e. The fourth-order valence-corrected chi connectivity index (χ4v) is 3.81. The fraction of sp³-hybridized carbons (Fsp3) is 1.00. The molecule has 0 radical (unpaired) electrons. The quantitative estimate of drug-likeness (QED) is 0.686. The maximum atomic E-state index is 12.0.